The smallest absolute Gasteiger partial charge is 0.345 e. The molecular formula is C11H16N2O5. The van der Waals surface area contributed by atoms with Crippen LogP contribution in [-0.4, -0.2) is 46.4 Å². The first-order valence-corrected chi connectivity index (χ1v) is 5.71. The minimum Gasteiger partial charge on any atom is -0.481 e. The third-order valence-electron chi connectivity index (χ3n) is 2.67. The molecule has 0 saturated carbocycles. The first-order valence-electron chi connectivity index (χ1n) is 5.71. The van der Waals surface area contributed by atoms with Gasteiger partial charge in [0.15, 0.2) is 12.2 Å². The molecule has 1 saturated heterocycles. The Morgan fingerprint density at radius 2 is 2.00 bits per heavy atom. The van der Waals surface area contributed by atoms with Crippen LogP contribution in [-0.2, 0) is 19.1 Å². The molecule has 0 aliphatic carbocycles. The van der Waals surface area contributed by atoms with E-state index in [-0.39, 0.29) is 12.1 Å². The number of ether oxygens (including phenoxy) is 2. The SMILES string of the molecule is CC1(CCC(=O)C(CC(=O)O)=[N+]=[N-])OCCCO1. The second kappa shape index (κ2) is 6.39. The van der Waals surface area contributed by atoms with Crippen LogP contribution in [0.25, 0.3) is 5.53 Å². The molecule has 1 rings (SSSR count). The van der Waals surface area contributed by atoms with Crippen molar-refractivity contribution >= 4 is 17.5 Å². The van der Waals surface area contributed by atoms with Gasteiger partial charge in [0.2, 0.25) is 5.78 Å². The van der Waals surface area contributed by atoms with Gasteiger partial charge in [-0.1, -0.05) is 0 Å². The van der Waals surface area contributed by atoms with Crippen LogP contribution in [0.15, 0.2) is 0 Å². The van der Waals surface area contributed by atoms with E-state index in [0.29, 0.717) is 19.6 Å². The van der Waals surface area contributed by atoms with E-state index in [2.05, 4.69) is 4.79 Å². The zero-order valence-electron chi connectivity index (χ0n) is 10.2. The number of rotatable bonds is 6. The number of carbonyl (C=O) groups is 2. The number of ketones is 1. The largest absolute Gasteiger partial charge is 0.481 e. The van der Waals surface area contributed by atoms with Crippen molar-refractivity contribution in [2.75, 3.05) is 13.2 Å². The molecule has 1 heterocycles. The van der Waals surface area contributed by atoms with Crippen LogP contribution in [0.1, 0.15) is 32.6 Å². The van der Waals surface area contributed by atoms with E-state index >= 15 is 0 Å². The van der Waals surface area contributed by atoms with Gasteiger partial charge >= 0.3 is 11.7 Å². The lowest BCUT2D eigenvalue weighted by molar-refractivity contribution is -0.258. The first kappa shape index (κ1) is 14.5. The number of carboxylic acid groups (broad SMARTS) is 1. The van der Waals surface area contributed by atoms with Crippen molar-refractivity contribution in [2.45, 2.75) is 38.4 Å². The molecule has 100 valence electrons. The van der Waals surface area contributed by atoms with Crippen LogP contribution in [0.2, 0.25) is 0 Å². The van der Waals surface area contributed by atoms with Crippen LogP contribution in [0, 0.1) is 0 Å². The Kier molecular flexibility index (Phi) is 5.15. The third kappa shape index (κ3) is 4.37. The summed E-state index contributed by atoms with van der Waals surface area (Å²) in [6.07, 6.45) is 0.535. The molecule has 1 fully saturated rings. The number of hydrogen-bond acceptors (Lipinski definition) is 4. The van der Waals surface area contributed by atoms with Crippen LogP contribution in [0.5, 0.6) is 0 Å². The first-order chi connectivity index (χ1) is 8.47. The van der Waals surface area contributed by atoms with Crippen molar-refractivity contribution in [2.24, 2.45) is 0 Å². The molecule has 0 atom stereocenters. The molecule has 0 aromatic carbocycles. The molecule has 1 aliphatic heterocycles. The highest BCUT2D eigenvalue weighted by Crippen LogP contribution is 2.23. The van der Waals surface area contributed by atoms with Crippen molar-refractivity contribution in [1.29, 1.82) is 0 Å². The molecule has 0 aromatic rings. The average molecular weight is 256 g/mol. The Morgan fingerprint density at radius 1 is 1.39 bits per heavy atom. The molecular weight excluding hydrogens is 240 g/mol. The summed E-state index contributed by atoms with van der Waals surface area (Å²) < 4.78 is 10.8. The fourth-order valence-electron chi connectivity index (χ4n) is 1.64. The Morgan fingerprint density at radius 3 is 2.50 bits per heavy atom. The van der Waals surface area contributed by atoms with Crippen molar-refractivity contribution < 1.29 is 29.0 Å². The summed E-state index contributed by atoms with van der Waals surface area (Å²) in [5, 5.41) is 8.54. The van der Waals surface area contributed by atoms with Crippen molar-refractivity contribution in [3.8, 4) is 0 Å². The fourth-order valence-corrected chi connectivity index (χ4v) is 1.64. The summed E-state index contributed by atoms with van der Waals surface area (Å²) in [7, 11) is 0. The number of Topliss-reactive ketones (excluding diaryl/α,β-unsaturated/α-hetero) is 1. The number of aliphatic carboxylic acids is 1. The summed E-state index contributed by atoms with van der Waals surface area (Å²) in [6.45, 7) is 2.87. The Labute approximate surface area is 104 Å². The second-order valence-electron chi connectivity index (χ2n) is 4.22. The van der Waals surface area contributed by atoms with Crippen molar-refractivity contribution in [3.05, 3.63) is 5.53 Å². The zero-order chi connectivity index (χ0) is 13.6. The van der Waals surface area contributed by atoms with E-state index in [1.807, 2.05) is 0 Å². The maximum Gasteiger partial charge on any atom is 0.345 e. The second-order valence-corrected chi connectivity index (χ2v) is 4.22. The van der Waals surface area contributed by atoms with Gasteiger partial charge in [0.25, 0.3) is 0 Å². The minimum absolute atomic E-state index is 0.0170. The lowest BCUT2D eigenvalue weighted by Gasteiger charge is -2.33. The summed E-state index contributed by atoms with van der Waals surface area (Å²) >= 11 is 0. The van der Waals surface area contributed by atoms with Crippen molar-refractivity contribution in [1.82, 2.24) is 0 Å². The zero-order valence-corrected chi connectivity index (χ0v) is 10.2. The number of carbonyl (C=O) groups excluding carboxylic acids is 1. The number of nitrogens with zero attached hydrogens (tertiary/aromatic N) is 2. The molecule has 0 amide bonds. The predicted octanol–water partition coefficient (Wildman–Crippen LogP) is 0.634. The average Bonchev–Trinajstić information content (AvgIpc) is 2.34. The number of carboxylic acids is 1. The van der Waals surface area contributed by atoms with Gasteiger partial charge in [-0.3, -0.25) is 9.59 Å². The molecule has 0 aromatic heterocycles. The molecule has 0 bridgehead atoms. The molecule has 1 N–H and O–H groups in total. The summed E-state index contributed by atoms with van der Waals surface area (Å²) in [4.78, 5) is 24.8. The van der Waals surface area contributed by atoms with E-state index in [1.54, 1.807) is 6.92 Å². The van der Waals surface area contributed by atoms with Gasteiger partial charge in [0.05, 0.1) is 13.2 Å². The van der Waals surface area contributed by atoms with E-state index in [9.17, 15) is 9.59 Å². The standard InChI is InChI=1S/C11H16N2O5/c1-11(17-5-2-6-18-11)4-3-9(14)8(13-12)7-10(15)16/h2-7H2,1H3,(H,15,16). The highest BCUT2D eigenvalue weighted by Gasteiger charge is 2.32. The number of hydrogen-bond donors (Lipinski definition) is 1. The van der Waals surface area contributed by atoms with Crippen LogP contribution < -0.4 is 0 Å². The summed E-state index contributed by atoms with van der Waals surface area (Å²) in [6, 6.07) is 0. The van der Waals surface area contributed by atoms with Gasteiger partial charge in [-0.15, -0.1) is 0 Å². The lowest BCUT2D eigenvalue weighted by Crippen LogP contribution is -2.38. The molecule has 0 unspecified atom stereocenters. The highest BCUT2D eigenvalue weighted by atomic mass is 16.7. The quantitative estimate of drug-likeness (QED) is 0.426. The molecule has 1 aliphatic rings. The van der Waals surface area contributed by atoms with Crippen LogP contribution in [0.4, 0.5) is 0 Å². The van der Waals surface area contributed by atoms with Crippen LogP contribution in [0.3, 0.4) is 0 Å². The monoisotopic (exact) mass is 256 g/mol. The van der Waals surface area contributed by atoms with Gasteiger partial charge in [-0.2, -0.15) is 4.79 Å². The highest BCUT2D eigenvalue weighted by molar-refractivity contribution is 6.40. The Bertz CT molecular complexity index is 381. The maximum atomic E-state index is 11.6. The summed E-state index contributed by atoms with van der Waals surface area (Å²) in [5.41, 5.74) is 8.23. The normalized spacial score (nSPS) is 17.8. The minimum atomic E-state index is -1.22. The van der Waals surface area contributed by atoms with E-state index in [4.69, 9.17) is 20.1 Å². The fraction of sp³-hybridized carbons (Fsp3) is 0.727. The summed E-state index contributed by atoms with van der Waals surface area (Å²) in [5.74, 6) is -2.55. The molecule has 18 heavy (non-hydrogen) atoms. The van der Waals surface area contributed by atoms with E-state index in [1.165, 1.54) is 0 Å². The van der Waals surface area contributed by atoms with Gasteiger partial charge in [0, 0.05) is 12.8 Å². The topological polar surface area (TPSA) is 109 Å². The van der Waals surface area contributed by atoms with Gasteiger partial charge in [-0.25, -0.2) is 0 Å². The van der Waals surface area contributed by atoms with Gasteiger partial charge < -0.3 is 20.1 Å². The predicted molar refractivity (Wildman–Crippen MR) is 60.0 cm³/mol. The Balaban J connectivity index is 2.49. The molecule has 7 heteroatoms. The lowest BCUT2D eigenvalue weighted by atomic mass is 10.0. The molecule has 0 spiro atoms. The van der Waals surface area contributed by atoms with E-state index in [0.717, 1.165) is 6.42 Å². The molecule has 7 nitrogen and oxygen atoms in total. The van der Waals surface area contributed by atoms with E-state index < -0.39 is 24.0 Å². The van der Waals surface area contributed by atoms with Gasteiger partial charge in [0.1, 0.15) is 0 Å². The molecule has 0 radical (unpaired) electrons. The van der Waals surface area contributed by atoms with Gasteiger partial charge in [-0.05, 0) is 13.3 Å². The maximum absolute atomic E-state index is 11.6. The Hall–Kier alpha value is -1.56. The van der Waals surface area contributed by atoms with Crippen molar-refractivity contribution in [3.63, 3.8) is 0 Å². The van der Waals surface area contributed by atoms with Crippen LogP contribution >= 0.6 is 0 Å². The third-order valence-corrected chi connectivity index (χ3v) is 2.67.